The molecule has 192 valence electrons. The van der Waals surface area contributed by atoms with Crippen molar-refractivity contribution in [1.29, 1.82) is 0 Å². The molecule has 0 spiro atoms. The van der Waals surface area contributed by atoms with Crippen molar-refractivity contribution in [2.45, 2.75) is 162 Å². The maximum absolute atomic E-state index is 11.7. The van der Waals surface area contributed by atoms with Crippen molar-refractivity contribution >= 4 is 5.97 Å². The summed E-state index contributed by atoms with van der Waals surface area (Å²) in [6, 6.07) is 0. The molecule has 0 aromatic carbocycles. The molecule has 0 aliphatic carbocycles. The van der Waals surface area contributed by atoms with Gasteiger partial charge in [0.25, 0.3) is 0 Å². The SMILES string of the molecule is CCCCCCCCCCCCCC(CCCCCCCCCCCC)C(CN)C(=O)O. The van der Waals surface area contributed by atoms with Crippen molar-refractivity contribution in [2.75, 3.05) is 6.54 Å². The van der Waals surface area contributed by atoms with Crippen molar-refractivity contribution in [3.8, 4) is 0 Å². The van der Waals surface area contributed by atoms with E-state index in [-0.39, 0.29) is 18.4 Å². The van der Waals surface area contributed by atoms with Gasteiger partial charge in [0.2, 0.25) is 0 Å². The first-order valence-electron chi connectivity index (χ1n) is 14.6. The molecule has 0 saturated heterocycles. The van der Waals surface area contributed by atoms with Crippen LogP contribution in [0.25, 0.3) is 0 Å². The van der Waals surface area contributed by atoms with Gasteiger partial charge in [0.05, 0.1) is 5.92 Å². The van der Waals surface area contributed by atoms with Gasteiger partial charge >= 0.3 is 5.97 Å². The van der Waals surface area contributed by atoms with Gasteiger partial charge in [-0.25, -0.2) is 0 Å². The second-order valence-electron chi connectivity index (χ2n) is 10.2. The lowest BCUT2D eigenvalue weighted by Crippen LogP contribution is -2.31. The number of hydrogen-bond acceptors (Lipinski definition) is 2. The lowest BCUT2D eigenvalue weighted by molar-refractivity contribution is -0.143. The molecular formula is C29H59NO2. The van der Waals surface area contributed by atoms with E-state index in [1.165, 1.54) is 135 Å². The molecule has 0 rings (SSSR count). The fourth-order valence-electron chi connectivity index (χ4n) is 5.01. The Bertz CT molecular complexity index is 385. The molecule has 3 nitrogen and oxygen atoms in total. The van der Waals surface area contributed by atoms with Crippen molar-refractivity contribution < 1.29 is 9.90 Å². The van der Waals surface area contributed by atoms with E-state index in [0.717, 1.165) is 12.8 Å². The van der Waals surface area contributed by atoms with Crippen LogP contribution >= 0.6 is 0 Å². The molecule has 0 aromatic rings. The minimum atomic E-state index is -0.687. The van der Waals surface area contributed by atoms with Gasteiger partial charge in [-0.1, -0.05) is 149 Å². The van der Waals surface area contributed by atoms with Gasteiger partial charge in [-0.05, 0) is 18.8 Å². The van der Waals surface area contributed by atoms with Crippen LogP contribution in [0.4, 0.5) is 0 Å². The summed E-state index contributed by atoms with van der Waals surface area (Å²) in [7, 11) is 0. The molecule has 0 saturated carbocycles. The number of carbonyl (C=O) groups is 1. The molecule has 2 atom stereocenters. The Kier molecular flexibility index (Phi) is 24.6. The summed E-state index contributed by atoms with van der Waals surface area (Å²) in [6.07, 6.45) is 30.2. The molecule has 0 amide bonds. The molecule has 3 N–H and O–H groups in total. The number of aliphatic carboxylic acids is 1. The average Bonchev–Trinajstić information content (AvgIpc) is 2.78. The van der Waals surface area contributed by atoms with E-state index < -0.39 is 5.97 Å². The molecule has 0 bridgehead atoms. The van der Waals surface area contributed by atoms with Crippen LogP contribution in [0.15, 0.2) is 0 Å². The van der Waals surface area contributed by atoms with E-state index in [4.69, 9.17) is 5.73 Å². The molecule has 0 aliphatic heterocycles. The van der Waals surface area contributed by atoms with Crippen molar-refractivity contribution in [3.05, 3.63) is 0 Å². The molecule has 2 unspecified atom stereocenters. The Morgan fingerprint density at radius 2 is 0.844 bits per heavy atom. The van der Waals surface area contributed by atoms with Gasteiger partial charge < -0.3 is 10.8 Å². The van der Waals surface area contributed by atoms with Gasteiger partial charge in [-0.3, -0.25) is 4.79 Å². The van der Waals surface area contributed by atoms with Gasteiger partial charge in [-0.2, -0.15) is 0 Å². The lowest BCUT2D eigenvalue weighted by atomic mass is 9.83. The topological polar surface area (TPSA) is 63.3 Å². The highest BCUT2D eigenvalue weighted by Crippen LogP contribution is 2.26. The van der Waals surface area contributed by atoms with Crippen LogP contribution < -0.4 is 5.73 Å². The van der Waals surface area contributed by atoms with Gasteiger partial charge in [0, 0.05) is 6.54 Å². The summed E-state index contributed by atoms with van der Waals surface area (Å²) in [5, 5.41) is 9.60. The number of rotatable bonds is 26. The molecule has 3 heteroatoms. The Balaban J connectivity index is 3.86. The Hall–Kier alpha value is -0.570. The molecule has 0 radical (unpaired) electrons. The molecule has 0 aromatic heterocycles. The van der Waals surface area contributed by atoms with E-state index in [2.05, 4.69) is 13.8 Å². The lowest BCUT2D eigenvalue weighted by Gasteiger charge is -2.23. The molecule has 0 fully saturated rings. The van der Waals surface area contributed by atoms with Crippen LogP contribution in [0.1, 0.15) is 162 Å². The Labute approximate surface area is 201 Å². The second kappa shape index (κ2) is 25.1. The normalized spacial score (nSPS) is 13.3. The molecule has 0 heterocycles. The fourth-order valence-corrected chi connectivity index (χ4v) is 5.01. The Morgan fingerprint density at radius 3 is 1.09 bits per heavy atom. The monoisotopic (exact) mass is 453 g/mol. The van der Waals surface area contributed by atoms with Gasteiger partial charge in [0.1, 0.15) is 0 Å². The van der Waals surface area contributed by atoms with Crippen LogP contribution in [0.2, 0.25) is 0 Å². The molecule has 0 aliphatic rings. The van der Waals surface area contributed by atoms with E-state index >= 15 is 0 Å². The minimum Gasteiger partial charge on any atom is -0.481 e. The first-order chi connectivity index (χ1) is 15.7. The van der Waals surface area contributed by atoms with Gasteiger partial charge in [-0.15, -0.1) is 0 Å². The number of carboxylic acid groups (broad SMARTS) is 1. The largest absolute Gasteiger partial charge is 0.481 e. The molecular weight excluding hydrogens is 394 g/mol. The van der Waals surface area contributed by atoms with Crippen molar-refractivity contribution in [2.24, 2.45) is 17.6 Å². The predicted molar refractivity (Wildman–Crippen MR) is 141 cm³/mol. The standard InChI is InChI=1S/C29H59NO2/c1-3-5-7-9-11-13-15-17-19-21-23-25-27(28(26-30)29(31)32)24-22-20-18-16-14-12-10-8-6-4-2/h27-28H,3-26,30H2,1-2H3,(H,31,32). The smallest absolute Gasteiger partial charge is 0.308 e. The van der Waals surface area contributed by atoms with Crippen LogP contribution in [-0.2, 0) is 4.79 Å². The summed E-state index contributed by atoms with van der Waals surface area (Å²) >= 11 is 0. The number of unbranched alkanes of at least 4 members (excludes halogenated alkanes) is 19. The summed E-state index contributed by atoms with van der Waals surface area (Å²) in [4.78, 5) is 11.7. The zero-order valence-electron chi connectivity index (χ0n) is 22.1. The molecule has 32 heavy (non-hydrogen) atoms. The highest BCUT2D eigenvalue weighted by Gasteiger charge is 2.25. The third-order valence-corrected chi connectivity index (χ3v) is 7.25. The maximum Gasteiger partial charge on any atom is 0.308 e. The second-order valence-corrected chi connectivity index (χ2v) is 10.2. The van der Waals surface area contributed by atoms with Crippen LogP contribution in [-0.4, -0.2) is 17.6 Å². The summed E-state index contributed by atoms with van der Waals surface area (Å²) in [6.45, 7) is 4.83. The van der Waals surface area contributed by atoms with E-state index in [9.17, 15) is 9.90 Å². The fraction of sp³-hybridized carbons (Fsp3) is 0.966. The minimum absolute atomic E-state index is 0.269. The van der Waals surface area contributed by atoms with E-state index in [0.29, 0.717) is 0 Å². The summed E-state index contributed by atoms with van der Waals surface area (Å²) in [5.41, 5.74) is 5.84. The highest BCUT2D eigenvalue weighted by atomic mass is 16.4. The van der Waals surface area contributed by atoms with E-state index in [1.54, 1.807) is 0 Å². The Morgan fingerprint density at radius 1 is 0.562 bits per heavy atom. The van der Waals surface area contributed by atoms with Crippen LogP contribution in [0, 0.1) is 11.8 Å². The van der Waals surface area contributed by atoms with Crippen LogP contribution in [0.3, 0.4) is 0 Å². The zero-order chi connectivity index (χ0) is 23.7. The van der Waals surface area contributed by atoms with E-state index in [1.807, 2.05) is 0 Å². The third-order valence-electron chi connectivity index (χ3n) is 7.25. The zero-order valence-corrected chi connectivity index (χ0v) is 22.1. The highest BCUT2D eigenvalue weighted by molar-refractivity contribution is 5.70. The first kappa shape index (κ1) is 31.4. The van der Waals surface area contributed by atoms with Crippen LogP contribution in [0.5, 0.6) is 0 Å². The van der Waals surface area contributed by atoms with Crippen molar-refractivity contribution in [3.63, 3.8) is 0 Å². The first-order valence-corrected chi connectivity index (χ1v) is 14.6. The maximum atomic E-state index is 11.7. The quantitative estimate of drug-likeness (QED) is 0.128. The number of carboxylic acids is 1. The summed E-state index contributed by atoms with van der Waals surface area (Å²) < 4.78 is 0. The summed E-state index contributed by atoms with van der Waals surface area (Å²) in [5.74, 6) is -0.769. The van der Waals surface area contributed by atoms with Crippen molar-refractivity contribution in [1.82, 2.24) is 0 Å². The van der Waals surface area contributed by atoms with Gasteiger partial charge in [0.15, 0.2) is 0 Å². The number of hydrogen-bond donors (Lipinski definition) is 2. The average molecular weight is 454 g/mol. The third kappa shape index (κ3) is 20.1. The predicted octanol–water partition coefficient (Wildman–Crippen LogP) is 9.27. The number of nitrogens with two attached hydrogens (primary N) is 1.